The van der Waals surface area contributed by atoms with Gasteiger partial charge in [-0.25, -0.2) is 0 Å². The molecule has 0 bridgehead atoms. The Morgan fingerprint density at radius 2 is 1.15 bits per heavy atom. The molecule has 0 aromatic carbocycles. The molecule has 4 heteroatoms. The van der Waals surface area contributed by atoms with Crippen LogP contribution in [0.2, 0.25) is 0 Å². The van der Waals surface area contributed by atoms with Gasteiger partial charge in [0.2, 0.25) is 0 Å². The Hall–Kier alpha value is -0.160. The Bertz CT molecular complexity index is 77.7. The Morgan fingerprint density at radius 3 is 1.38 bits per heavy atom. The molecular weight excluding hydrogens is 164 g/mol. The summed E-state index contributed by atoms with van der Waals surface area (Å²) in [5.74, 6) is 0. The van der Waals surface area contributed by atoms with Crippen LogP contribution in [-0.2, 0) is 0 Å². The molecule has 0 aromatic rings. The van der Waals surface area contributed by atoms with Crippen LogP contribution in [0.3, 0.4) is 0 Å². The summed E-state index contributed by atoms with van der Waals surface area (Å²) in [6.45, 7) is 5.27. The molecule has 2 atom stereocenters. The summed E-state index contributed by atoms with van der Waals surface area (Å²) in [7, 11) is 0. The van der Waals surface area contributed by atoms with Gasteiger partial charge >= 0.3 is 0 Å². The van der Waals surface area contributed by atoms with E-state index >= 15 is 0 Å². The standard InChI is InChI=1S/C7H20N4.C2H6/c8-3-1-6(10)5-7(11)2-4-9;1-2/h6-7H,1-5,8-11H2;1-2H3/t6-,7?;/m1./s1. The van der Waals surface area contributed by atoms with Crippen molar-refractivity contribution >= 4 is 0 Å². The summed E-state index contributed by atoms with van der Waals surface area (Å²) in [5, 5.41) is 0. The molecule has 1 unspecified atom stereocenters. The third-order valence-corrected chi connectivity index (χ3v) is 1.68. The van der Waals surface area contributed by atoms with Gasteiger partial charge in [0.15, 0.2) is 0 Å². The predicted octanol–water partition coefficient (Wildman–Crippen LogP) is -0.245. The minimum atomic E-state index is 0.140. The van der Waals surface area contributed by atoms with Crippen LogP contribution in [0.25, 0.3) is 0 Å². The van der Waals surface area contributed by atoms with Gasteiger partial charge in [0.05, 0.1) is 0 Å². The molecule has 82 valence electrons. The summed E-state index contributed by atoms with van der Waals surface area (Å²) in [4.78, 5) is 0. The lowest BCUT2D eigenvalue weighted by Crippen LogP contribution is -2.34. The van der Waals surface area contributed by atoms with Crippen LogP contribution in [0.4, 0.5) is 0 Å². The van der Waals surface area contributed by atoms with E-state index in [1.807, 2.05) is 13.8 Å². The van der Waals surface area contributed by atoms with Crippen molar-refractivity contribution in [2.75, 3.05) is 13.1 Å². The van der Waals surface area contributed by atoms with E-state index in [1.54, 1.807) is 0 Å². The summed E-state index contributed by atoms with van der Waals surface area (Å²) in [5.41, 5.74) is 22.1. The Balaban J connectivity index is 0. The molecule has 13 heavy (non-hydrogen) atoms. The van der Waals surface area contributed by atoms with E-state index in [4.69, 9.17) is 22.9 Å². The second-order valence-electron chi connectivity index (χ2n) is 2.91. The van der Waals surface area contributed by atoms with Crippen LogP contribution < -0.4 is 22.9 Å². The molecule has 0 aliphatic carbocycles. The smallest absolute Gasteiger partial charge is 0.00655 e. The largest absolute Gasteiger partial charge is 0.330 e. The van der Waals surface area contributed by atoms with Crippen molar-refractivity contribution < 1.29 is 0 Å². The minimum absolute atomic E-state index is 0.140. The van der Waals surface area contributed by atoms with Gasteiger partial charge in [-0.15, -0.1) is 0 Å². The zero-order valence-corrected chi connectivity index (χ0v) is 9.00. The molecule has 0 rings (SSSR count). The van der Waals surface area contributed by atoms with Crippen LogP contribution in [0.5, 0.6) is 0 Å². The molecule has 0 saturated heterocycles. The second-order valence-corrected chi connectivity index (χ2v) is 2.91. The number of rotatable bonds is 6. The first-order valence-corrected chi connectivity index (χ1v) is 5.12. The first-order chi connectivity index (χ1) is 6.20. The average molecular weight is 190 g/mol. The molecule has 0 heterocycles. The third-order valence-electron chi connectivity index (χ3n) is 1.68. The Labute approximate surface area is 82.0 Å². The van der Waals surface area contributed by atoms with E-state index in [-0.39, 0.29) is 12.1 Å². The summed E-state index contributed by atoms with van der Waals surface area (Å²) in [6.07, 6.45) is 2.52. The highest BCUT2D eigenvalue weighted by molar-refractivity contribution is 4.70. The van der Waals surface area contributed by atoms with Gasteiger partial charge in [-0.2, -0.15) is 0 Å². The lowest BCUT2D eigenvalue weighted by molar-refractivity contribution is 0.484. The molecular formula is C9H26N4. The van der Waals surface area contributed by atoms with Gasteiger partial charge in [0, 0.05) is 12.1 Å². The maximum atomic E-state index is 5.71. The van der Waals surface area contributed by atoms with Gasteiger partial charge < -0.3 is 22.9 Å². The first kappa shape index (κ1) is 15.3. The van der Waals surface area contributed by atoms with Crippen LogP contribution in [0, 0.1) is 0 Å². The fourth-order valence-electron chi connectivity index (χ4n) is 1.05. The molecule has 0 aliphatic rings. The minimum Gasteiger partial charge on any atom is -0.330 e. The molecule has 0 radical (unpaired) electrons. The molecule has 8 N–H and O–H groups in total. The van der Waals surface area contributed by atoms with Crippen molar-refractivity contribution in [1.82, 2.24) is 0 Å². The number of nitrogens with two attached hydrogens (primary N) is 4. The SMILES string of the molecule is CC.NCCC(N)C[C@H](N)CCN. The summed E-state index contributed by atoms with van der Waals surface area (Å²) in [6, 6.07) is 0.281. The van der Waals surface area contributed by atoms with Crippen molar-refractivity contribution in [3.63, 3.8) is 0 Å². The zero-order chi connectivity index (χ0) is 10.7. The summed E-state index contributed by atoms with van der Waals surface area (Å²) >= 11 is 0. The van der Waals surface area contributed by atoms with Crippen molar-refractivity contribution in [2.45, 2.75) is 45.2 Å². The van der Waals surface area contributed by atoms with Crippen LogP contribution in [0.1, 0.15) is 33.1 Å². The Morgan fingerprint density at radius 1 is 0.846 bits per heavy atom. The summed E-state index contributed by atoms with van der Waals surface area (Å²) < 4.78 is 0. The van der Waals surface area contributed by atoms with Crippen molar-refractivity contribution in [2.24, 2.45) is 22.9 Å². The van der Waals surface area contributed by atoms with E-state index in [9.17, 15) is 0 Å². The predicted molar refractivity (Wildman–Crippen MR) is 59.3 cm³/mol. The molecule has 0 spiro atoms. The Kier molecular flexibility index (Phi) is 14.0. The van der Waals surface area contributed by atoms with Gasteiger partial charge in [0.25, 0.3) is 0 Å². The van der Waals surface area contributed by atoms with E-state index < -0.39 is 0 Å². The fourth-order valence-corrected chi connectivity index (χ4v) is 1.05. The van der Waals surface area contributed by atoms with Crippen LogP contribution >= 0.6 is 0 Å². The number of hydrogen-bond donors (Lipinski definition) is 4. The highest BCUT2D eigenvalue weighted by Gasteiger charge is 2.07. The van der Waals surface area contributed by atoms with E-state index in [1.165, 1.54) is 0 Å². The molecule has 4 nitrogen and oxygen atoms in total. The van der Waals surface area contributed by atoms with Crippen molar-refractivity contribution in [1.29, 1.82) is 0 Å². The maximum absolute atomic E-state index is 5.71. The van der Waals surface area contributed by atoms with E-state index in [0.29, 0.717) is 13.1 Å². The molecule has 0 aliphatic heterocycles. The van der Waals surface area contributed by atoms with E-state index in [0.717, 1.165) is 19.3 Å². The van der Waals surface area contributed by atoms with Gasteiger partial charge in [-0.05, 0) is 32.4 Å². The normalized spacial score (nSPS) is 14.3. The fraction of sp³-hybridized carbons (Fsp3) is 1.00. The second kappa shape index (κ2) is 11.8. The molecule has 0 fully saturated rings. The monoisotopic (exact) mass is 190 g/mol. The quantitative estimate of drug-likeness (QED) is 0.464. The van der Waals surface area contributed by atoms with Crippen LogP contribution in [0.15, 0.2) is 0 Å². The van der Waals surface area contributed by atoms with Gasteiger partial charge in [-0.3, -0.25) is 0 Å². The zero-order valence-electron chi connectivity index (χ0n) is 9.00. The highest BCUT2D eigenvalue weighted by atomic mass is 14.7. The highest BCUT2D eigenvalue weighted by Crippen LogP contribution is 1.99. The van der Waals surface area contributed by atoms with Gasteiger partial charge in [-0.1, -0.05) is 13.8 Å². The molecule has 0 aromatic heterocycles. The van der Waals surface area contributed by atoms with Crippen molar-refractivity contribution in [3.05, 3.63) is 0 Å². The van der Waals surface area contributed by atoms with Crippen LogP contribution in [-0.4, -0.2) is 25.2 Å². The molecule has 0 amide bonds. The third kappa shape index (κ3) is 11.8. The topological polar surface area (TPSA) is 104 Å². The lowest BCUT2D eigenvalue weighted by atomic mass is 10.0. The maximum Gasteiger partial charge on any atom is 0.00655 e. The lowest BCUT2D eigenvalue weighted by Gasteiger charge is -2.15. The number of hydrogen-bond acceptors (Lipinski definition) is 4. The first-order valence-electron chi connectivity index (χ1n) is 5.12. The molecule has 0 saturated carbocycles. The van der Waals surface area contributed by atoms with Crippen molar-refractivity contribution in [3.8, 4) is 0 Å². The van der Waals surface area contributed by atoms with E-state index in [2.05, 4.69) is 0 Å². The van der Waals surface area contributed by atoms with Gasteiger partial charge in [0.1, 0.15) is 0 Å². The average Bonchev–Trinajstić information content (AvgIpc) is 2.08.